The minimum atomic E-state index is -1.30. The number of aromatic nitrogens is 1. The molecule has 1 aromatic rings. The van der Waals surface area contributed by atoms with Crippen LogP contribution < -0.4 is 34.9 Å². The zero-order valence-corrected chi connectivity index (χ0v) is 18.6. The Hall–Kier alpha value is -2.08. The number of carboxylic acid groups (broad SMARTS) is 1. The van der Waals surface area contributed by atoms with E-state index in [2.05, 4.69) is 5.32 Å². The molecule has 2 N–H and O–H groups in total. The van der Waals surface area contributed by atoms with E-state index in [1.54, 1.807) is 18.3 Å². The Kier molecular flexibility index (Phi) is 7.69. The van der Waals surface area contributed by atoms with Crippen LogP contribution in [0.15, 0.2) is 29.6 Å². The van der Waals surface area contributed by atoms with Crippen molar-refractivity contribution in [2.75, 3.05) is 12.4 Å². The fraction of sp³-hybridized carbons (Fsp3) is 0.353. The monoisotopic (exact) mass is 431 g/mol. The normalized spacial score (nSPS) is 20.2. The van der Waals surface area contributed by atoms with E-state index in [0.717, 1.165) is 4.90 Å². The van der Waals surface area contributed by atoms with Crippen LogP contribution in [0.5, 0.6) is 0 Å². The van der Waals surface area contributed by atoms with Crippen LogP contribution in [0.4, 0.5) is 0 Å². The number of aldehydes is 1. The van der Waals surface area contributed by atoms with Gasteiger partial charge in [0, 0.05) is 24.4 Å². The van der Waals surface area contributed by atoms with Crippen molar-refractivity contribution in [1.82, 2.24) is 14.8 Å². The van der Waals surface area contributed by atoms with Gasteiger partial charge in [-0.2, -0.15) is 0 Å². The Morgan fingerprint density at radius 2 is 2.17 bits per heavy atom. The summed E-state index contributed by atoms with van der Waals surface area (Å²) in [6.07, 6.45) is 2.19. The zero-order chi connectivity index (χ0) is 20.4. The van der Waals surface area contributed by atoms with Crippen LogP contribution in [0, 0.1) is 0 Å². The summed E-state index contributed by atoms with van der Waals surface area (Å²) < 4.78 is 6.31. The maximum Gasteiger partial charge on any atom is 1.00 e. The number of carbonyl (C=O) groups excluding carboxylic acids is 4. The first kappa shape index (κ1) is 23.2. The number of rotatable bonds is 7. The summed E-state index contributed by atoms with van der Waals surface area (Å²) in [4.78, 5) is 59.4. The van der Waals surface area contributed by atoms with E-state index < -0.39 is 35.2 Å². The maximum absolute atomic E-state index is 12.5. The van der Waals surface area contributed by atoms with Gasteiger partial charge in [-0.15, -0.1) is 11.8 Å². The molecule has 0 bridgehead atoms. The molecule has 1 fully saturated rings. The minimum Gasteiger partial charge on any atom is -1.00 e. The molecule has 2 atom stereocenters. The number of ether oxygens (including phenoxy) is 1. The Morgan fingerprint density at radius 1 is 1.45 bits per heavy atom. The molecule has 2 aliphatic rings. The van der Waals surface area contributed by atoms with Crippen molar-refractivity contribution in [3.63, 3.8) is 0 Å². The van der Waals surface area contributed by atoms with E-state index in [-0.39, 0.29) is 55.6 Å². The molecular formula is C17H18N3NaO7S. The molecule has 2 amide bonds. The van der Waals surface area contributed by atoms with Gasteiger partial charge in [0.05, 0.1) is 5.69 Å². The second-order valence-electron chi connectivity index (χ2n) is 6.17. The first-order valence-electron chi connectivity index (χ1n) is 8.26. The third kappa shape index (κ3) is 4.74. The number of esters is 1. The number of aliphatic carboxylic acids is 1. The largest absolute Gasteiger partial charge is 1.00 e. The SMILES string of the molecule is CC(=O)OCC1=C(C(=O)O)N2C(=O)C(NC(=O)Cn3cccc3C=O)C2SC1.[H-].[Na+]. The molecule has 3 rings (SSSR count). The first-order chi connectivity index (χ1) is 13.3. The standard InChI is InChI=1S/C17H17N3O7S.Na.H/c1-9(22)27-7-10-8-28-16-13(15(24)20(16)14(10)17(25)26)18-12(23)5-19-4-2-3-11(19)6-21;;/h2-4,6,13,16H,5,7-8H2,1H3,(H,18,23)(H,25,26);;/q;+1;-1. The van der Waals surface area contributed by atoms with E-state index in [0.29, 0.717) is 17.6 Å². The van der Waals surface area contributed by atoms with Gasteiger partial charge >= 0.3 is 41.5 Å². The predicted octanol–water partition coefficient (Wildman–Crippen LogP) is -3.28. The van der Waals surface area contributed by atoms with Crippen molar-refractivity contribution >= 4 is 41.8 Å². The smallest absolute Gasteiger partial charge is 1.00 e. The van der Waals surface area contributed by atoms with Crippen molar-refractivity contribution in [2.45, 2.75) is 24.9 Å². The fourth-order valence-corrected chi connectivity index (χ4v) is 4.36. The molecule has 1 aromatic heterocycles. The summed E-state index contributed by atoms with van der Waals surface area (Å²) >= 11 is 1.28. The number of amides is 2. The molecule has 0 aromatic carbocycles. The minimum absolute atomic E-state index is 0. The number of nitrogens with one attached hydrogen (secondary N) is 1. The van der Waals surface area contributed by atoms with Gasteiger partial charge in [-0.1, -0.05) is 0 Å². The third-order valence-electron chi connectivity index (χ3n) is 4.32. The Balaban J connectivity index is 0.00000225. The first-order valence-corrected chi connectivity index (χ1v) is 9.31. The predicted molar refractivity (Wildman–Crippen MR) is 97.2 cm³/mol. The molecule has 0 aliphatic carbocycles. The molecule has 2 unspecified atom stereocenters. The Bertz CT molecular complexity index is 904. The Labute approximate surface area is 193 Å². The van der Waals surface area contributed by atoms with Crippen LogP contribution in [0.25, 0.3) is 0 Å². The summed E-state index contributed by atoms with van der Waals surface area (Å²) in [5, 5.41) is 11.5. The fourth-order valence-electron chi connectivity index (χ4n) is 3.04. The summed E-state index contributed by atoms with van der Waals surface area (Å²) in [5.41, 5.74) is 0.439. The number of carboxylic acids is 1. The van der Waals surface area contributed by atoms with Crippen LogP contribution in [-0.4, -0.2) is 68.4 Å². The van der Waals surface area contributed by atoms with Crippen molar-refractivity contribution in [3.8, 4) is 0 Å². The molecular weight excluding hydrogens is 413 g/mol. The van der Waals surface area contributed by atoms with Gasteiger partial charge in [-0.3, -0.25) is 24.1 Å². The van der Waals surface area contributed by atoms with Crippen molar-refractivity contribution in [3.05, 3.63) is 35.3 Å². The van der Waals surface area contributed by atoms with Crippen molar-refractivity contribution in [2.24, 2.45) is 0 Å². The van der Waals surface area contributed by atoms with E-state index in [1.807, 2.05) is 0 Å². The van der Waals surface area contributed by atoms with E-state index in [1.165, 1.54) is 23.3 Å². The van der Waals surface area contributed by atoms with Crippen molar-refractivity contribution < 1.29 is 64.8 Å². The molecule has 12 heteroatoms. The number of β-lactam (4-membered cyclic amide) rings is 1. The summed E-state index contributed by atoms with van der Waals surface area (Å²) in [6.45, 7) is 0.863. The number of hydrogen-bond acceptors (Lipinski definition) is 7. The molecule has 150 valence electrons. The molecule has 0 spiro atoms. The molecule has 0 saturated carbocycles. The van der Waals surface area contributed by atoms with Crippen LogP contribution in [0.1, 0.15) is 18.8 Å². The Morgan fingerprint density at radius 3 is 2.79 bits per heavy atom. The molecule has 0 radical (unpaired) electrons. The molecule has 29 heavy (non-hydrogen) atoms. The van der Waals surface area contributed by atoms with E-state index in [4.69, 9.17) is 4.74 Å². The van der Waals surface area contributed by atoms with E-state index >= 15 is 0 Å². The van der Waals surface area contributed by atoms with Gasteiger partial charge < -0.3 is 21.2 Å². The van der Waals surface area contributed by atoms with Gasteiger partial charge in [0.15, 0.2) is 6.29 Å². The molecule has 1 saturated heterocycles. The zero-order valence-electron chi connectivity index (χ0n) is 16.8. The van der Waals surface area contributed by atoms with Crippen LogP contribution in [0.3, 0.4) is 0 Å². The van der Waals surface area contributed by atoms with Gasteiger partial charge in [0.25, 0.3) is 5.91 Å². The number of carbonyl (C=O) groups is 5. The average molecular weight is 431 g/mol. The van der Waals surface area contributed by atoms with Gasteiger partial charge in [0.1, 0.15) is 30.3 Å². The number of hydrogen-bond donors (Lipinski definition) is 2. The van der Waals surface area contributed by atoms with Gasteiger partial charge in [-0.05, 0) is 12.1 Å². The third-order valence-corrected chi connectivity index (χ3v) is 5.65. The summed E-state index contributed by atoms with van der Waals surface area (Å²) in [5.74, 6) is -2.61. The quantitative estimate of drug-likeness (QED) is 0.199. The van der Waals surface area contributed by atoms with E-state index in [9.17, 15) is 29.1 Å². The van der Waals surface area contributed by atoms with Crippen LogP contribution in [0.2, 0.25) is 0 Å². The second-order valence-corrected chi connectivity index (χ2v) is 7.28. The van der Waals surface area contributed by atoms with Crippen LogP contribution >= 0.6 is 11.8 Å². The number of thioether (sulfide) groups is 1. The second kappa shape index (κ2) is 9.61. The van der Waals surface area contributed by atoms with Gasteiger partial charge in [0.2, 0.25) is 5.91 Å². The van der Waals surface area contributed by atoms with Crippen LogP contribution in [-0.2, 0) is 30.5 Å². The maximum atomic E-state index is 12.5. The summed E-state index contributed by atoms with van der Waals surface area (Å²) in [7, 11) is 0. The molecule has 10 nitrogen and oxygen atoms in total. The molecule has 3 heterocycles. The van der Waals surface area contributed by atoms with Gasteiger partial charge in [-0.25, -0.2) is 4.79 Å². The summed E-state index contributed by atoms with van der Waals surface area (Å²) in [6, 6.07) is 2.32. The average Bonchev–Trinajstić information content (AvgIpc) is 3.10. The number of fused-ring (bicyclic) bond motifs is 1. The van der Waals surface area contributed by atoms with Crippen molar-refractivity contribution in [1.29, 1.82) is 0 Å². The number of nitrogens with zero attached hydrogens (tertiary/aromatic N) is 2. The topological polar surface area (TPSA) is 135 Å². The molecule has 2 aliphatic heterocycles.